The molecule has 59 heavy (non-hydrogen) atoms. The number of ether oxygens (including phenoxy) is 4. The van der Waals surface area contributed by atoms with E-state index in [0.29, 0.717) is 82.9 Å². The summed E-state index contributed by atoms with van der Waals surface area (Å²) in [5.41, 5.74) is 2.72. The molecule has 3 amide bonds. The van der Waals surface area contributed by atoms with Crippen molar-refractivity contribution in [2.45, 2.75) is 121 Å². The van der Waals surface area contributed by atoms with E-state index in [1.165, 1.54) is 0 Å². The first-order chi connectivity index (χ1) is 28.9. The lowest BCUT2D eigenvalue weighted by molar-refractivity contribution is -0.254. The number of aliphatic hydroxyl groups excluding tert-OH is 2. The highest BCUT2D eigenvalue weighted by atomic mass is 16.8. The van der Waals surface area contributed by atoms with Gasteiger partial charge in [-0.25, -0.2) is 4.79 Å². The lowest BCUT2D eigenvalue weighted by Crippen LogP contribution is -2.70. The molecule has 3 aliphatic heterocycles. The number of urea groups is 1. The zero-order chi connectivity index (χ0) is 41.6. The lowest BCUT2D eigenvalue weighted by Gasteiger charge is -2.60. The van der Waals surface area contributed by atoms with Crippen molar-refractivity contribution in [1.82, 2.24) is 15.1 Å². The van der Waals surface area contributed by atoms with Crippen LogP contribution in [0.15, 0.2) is 60.3 Å². The van der Waals surface area contributed by atoms with Crippen LogP contribution in [0, 0.1) is 17.8 Å². The third-order valence-corrected chi connectivity index (χ3v) is 12.6. The molecule has 2 aliphatic carbocycles. The summed E-state index contributed by atoms with van der Waals surface area (Å²) in [5.74, 6) is -0.156. The number of hydrogen-bond acceptors (Lipinski definition) is 10. The van der Waals surface area contributed by atoms with E-state index in [9.17, 15) is 19.8 Å². The summed E-state index contributed by atoms with van der Waals surface area (Å²) in [6.45, 7) is 13.5. The number of allylic oxidation sites excluding steroid dienone is 1. The van der Waals surface area contributed by atoms with Gasteiger partial charge in [-0.3, -0.25) is 4.79 Å². The van der Waals surface area contributed by atoms with Crippen molar-refractivity contribution in [2.75, 3.05) is 59.2 Å². The van der Waals surface area contributed by atoms with E-state index in [2.05, 4.69) is 37.5 Å². The van der Waals surface area contributed by atoms with E-state index in [1.54, 1.807) is 12.2 Å². The van der Waals surface area contributed by atoms with Gasteiger partial charge >= 0.3 is 6.03 Å². The van der Waals surface area contributed by atoms with E-state index < -0.39 is 24.0 Å². The fourth-order valence-electron chi connectivity index (χ4n) is 9.96. The van der Waals surface area contributed by atoms with Crippen LogP contribution < -0.4 is 14.8 Å². The Hall–Kier alpha value is -3.91. The third kappa shape index (κ3) is 10.5. The van der Waals surface area contributed by atoms with Gasteiger partial charge in [0.05, 0.1) is 24.8 Å². The lowest BCUT2D eigenvalue weighted by atomic mass is 9.55. The standard InChI is InChI=1S/C46H68N4O9/c1-4-22-50(45(54)47-21-14-24-49-23-13-17-41(49)53)40-32-38(48-59-42-18-9-12-29-56-42)36-30-33(15-7-10-25-51)35(16-8-11-26-52)43-37-31-34(55-27-5-2)19-20-39(37)58-46(40,44(36)43)57-28-6-3/h5-6,19-20,30-31,33,35,40,42-44,51-52H,2-4,7-18,21-29,32H2,1H3,(H,47,54). The average Bonchev–Trinajstić information content (AvgIpc) is 3.67. The average molecular weight is 821 g/mol. The van der Waals surface area contributed by atoms with Gasteiger partial charge in [0, 0.05) is 70.1 Å². The first-order valence-corrected chi connectivity index (χ1v) is 22.3. The number of oxime groups is 1. The number of benzene rings is 1. The Morgan fingerprint density at radius 1 is 1.08 bits per heavy atom. The maximum absolute atomic E-state index is 14.6. The molecule has 3 fully saturated rings. The van der Waals surface area contributed by atoms with Crippen molar-refractivity contribution in [3.8, 4) is 11.5 Å². The highest BCUT2D eigenvalue weighted by Crippen LogP contribution is 2.62. The molecule has 326 valence electrons. The summed E-state index contributed by atoms with van der Waals surface area (Å²) in [5, 5.41) is 27.9. The van der Waals surface area contributed by atoms with Crippen molar-refractivity contribution in [3.05, 3.63) is 60.7 Å². The summed E-state index contributed by atoms with van der Waals surface area (Å²) in [6.07, 6.45) is 15.9. The summed E-state index contributed by atoms with van der Waals surface area (Å²) in [6, 6.07) is 5.09. The number of nitrogens with one attached hydrogen (secondary N) is 1. The van der Waals surface area contributed by atoms with Crippen LogP contribution in [0.25, 0.3) is 0 Å². The molecule has 1 aromatic carbocycles. The van der Waals surface area contributed by atoms with Crippen LogP contribution >= 0.6 is 0 Å². The topological polar surface area (TPSA) is 152 Å². The van der Waals surface area contributed by atoms with Crippen LogP contribution in [-0.2, 0) is 19.1 Å². The highest BCUT2D eigenvalue weighted by molar-refractivity contribution is 6.03. The second-order valence-electron chi connectivity index (χ2n) is 16.5. The summed E-state index contributed by atoms with van der Waals surface area (Å²) in [4.78, 5) is 36.9. The predicted octanol–water partition coefficient (Wildman–Crippen LogP) is 6.85. The van der Waals surface area contributed by atoms with Crippen molar-refractivity contribution in [1.29, 1.82) is 0 Å². The largest absolute Gasteiger partial charge is 0.490 e. The number of aliphatic hydroxyl groups is 2. The number of carbonyl (C=O) groups excluding carboxylic acids is 2. The van der Waals surface area contributed by atoms with Gasteiger partial charge in [-0.2, -0.15) is 0 Å². The summed E-state index contributed by atoms with van der Waals surface area (Å²) < 4.78 is 26.5. The second-order valence-corrected chi connectivity index (χ2v) is 16.5. The molecule has 0 radical (unpaired) electrons. The van der Waals surface area contributed by atoms with Crippen molar-refractivity contribution < 1.29 is 43.6 Å². The van der Waals surface area contributed by atoms with Crippen LogP contribution in [0.4, 0.5) is 4.79 Å². The molecule has 7 atom stereocenters. The van der Waals surface area contributed by atoms with Gasteiger partial charge in [-0.1, -0.05) is 49.7 Å². The van der Waals surface area contributed by atoms with E-state index in [-0.39, 0.29) is 49.5 Å². The molecule has 2 saturated heterocycles. The first kappa shape index (κ1) is 44.6. The second kappa shape index (κ2) is 22.1. The Balaban J connectivity index is 1.48. The summed E-state index contributed by atoms with van der Waals surface area (Å²) in [7, 11) is 0. The van der Waals surface area contributed by atoms with Gasteiger partial charge in [0.25, 0.3) is 0 Å². The third-order valence-electron chi connectivity index (χ3n) is 12.6. The van der Waals surface area contributed by atoms with Crippen LogP contribution in [-0.4, -0.2) is 115 Å². The maximum atomic E-state index is 14.6. The minimum absolute atomic E-state index is 0.0994. The normalized spacial score (nSPS) is 27.9. The maximum Gasteiger partial charge on any atom is 0.317 e. The molecule has 3 N–H and O–H groups in total. The van der Waals surface area contributed by atoms with Crippen LogP contribution in [0.5, 0.6) is 11.5 Å². The highest BCUT2D eigenvalue weighted by Gasteiger charge is 2.65. The number of hydrogen-bond donors (Lipinski definition) is 3. The van der Waals surface area contributed by atoms with Crippen molar-refractivity contribution in [2.24, 2.45) is 22.9 Å². The van der Waals surface area contributed by atoms with Gasteiger partial charge in [-0.05, 0) is 93.4 Å². The number of fused-ring (bicyclic) bond motifs is 2. The van der Waals surface area contributed by atoms with Gasteiger partial charge in [0.1, 0.15) is 24.1 Å². The number of unbranched alkanes of at least 4 members (excludes halogenated alkanes) is 2. The Bertz CT molecular complexity index is 1630. The van der Waals surface area contributed by atoms with E-state index in [4.69, 9.17) is 28.9 Å². The number of carbonyl (C=O) groups is 2. The number of amides is 3. The quantitative estimate of drug-likeness (QED) is 0.0612. The summed E-state index contributed by atoms with van der Waals surface area (Å²) >= 11 is 0. The Labute approximate surface area is 350 Å². The Morgan fingerprint density at radius 3 is 2.61 bits per heavy atom. The molecule has 7 unspecified atom stereocenters. The number of likely N-dealkylation sites (tertiary alicyclic amines) is 1. The zero-order valence-corrected chi connectivity index (χ0v) is 35.2. The van der Waals surface area contributed by atoms with Crippen molar-refractivity contribution >= 4 is 17.6 Å². The molecule has 6 rings (SSSR count). The van der Waals surface area contributed by atoms with Gasteiger partial charge in [0.2, 0.25) is 18.0 Å². The van der Waals surface area contributed by atoms with Crippen LogP contribution in [0.2, 0.25) is 0 Å². The van der Waals surface area contributed by atoms with E-state index in [1.807, 2.05) is 21.9 Å². The molecule has 13 nitrogen and oxygen atoms in total. The fourth-order valence-corrected chi connectivity index (χ4v) is 9.96. The minimum atomic E-state index is -1.35. The van der Waals surface area contributed by atoms with E-state index >= 15 is 0 Å². The van der Waals surface area contributed by atoms with E-state index in [0.717, 1.165) is 74.8 Å². The van der Waals surface area contributed by atoms with Gasteiger partial charge in [-0.15, -0.1) is 6.58 Å². The molecule has 0 bridgehead atoms. The monoisotopic (exact) mass is 820 g/mol. The molecular weight excluding hydrogens is 753 g/mol. The van der Waals surface area contributed by atoms with Crippen LogP contribution in [0.1, 0.15) is 108 Å². The molecule has 1 saturated carbocycles. The molecule has 0 aromatic heterocycles. The number of nitrogens with zero attached hydrogens (tertiary/aromatic N) is 3. The smallest absolute Gasteiger partial charge is 0.317 e. The minimum Gasteiger partial charge on any atom is -0.490 e. The predicted molar refractivity (Wildman–Crippen MR) is 226 cm³/mol. The Kier molecular flexibility index (Phi) is 16.7. The Morgan fingerprint density at radius 2 is 1.90 bits per heavy atom. The van der Waals surface area contributed by atoms with Crippen LogP contribution in [0.3, 0.4) is 0 Å². The SMILES string of the molecule is C=CCOc1ccc2c(c1)C1C(CCCCO)C(CCCCO)C=C3C(=NOC4CCCCO4)CC(N(CCC)C(=O)NCCCN4CCCC4=O)C(OCC=C)(O2)C31. The molecule has 0 spiro atoms. The zero-order valence-electron chi connectivity index (χ0n) is 35.2. The first-order valence-electron chi connectivity index (χ1n) is 22.3. The van der Waals surface area contributed by atoms with Crippen molar-refractivity contribution in [3.63, 3.8) is 0 Å². The number of rotatable bonds is 23. The molecule has 1 aromatic rings. The molecule has 5 aliphatic rings. The molecular formula is C46H68N4O9. The van der Waals surface area contributed by atoms with Gasteiger partial charge in [0.15, 0.2) is 0 Å². The fraction of sp³-hybridized carbons (Fsp3) is 0.674. The molecule has 13 heteroatoms. The molecule has 3 heterocycles. The van der Waals surface area contributed by atoms with Gasteiger partial charge < -0.3 is 49.1 Å².